The number of ether oxygens (including phenoxy) is 1. The summed E-state index contributed by atoms with van der Waals surface area (Å²) < 4.78 is 4.67. The third-order valence-corrected chi connectivity index (χ3v) is 4.55. The highest BCUT2D eigenvalue weighted by Crippen LogP contribution is 2.22. The van der Waals surface area contributed by atoms with Crippen molar-refractivity contribution in [3.63, 3.8) is 0 Å². The van der Waals surface area contributed by atoms with Gasteiger partial charge in [-0.25, -0.2) is 0 Å². The highest BCUT2D eigenvalue weighted by atomic mass is 32.2. The number of hydrogen-bond donors (Lipinski definition) is 1. The zero-order valence-electron chi connectivity index (χ0n) is 12.8. The van der Waals surface area contributed by atoms with Crippen molar-refractivity contribution in [1.82, 2.24) is 0 Å². The number of hydrogen-bond acceptors (Lipinski definition) is 4. The van der Waals surface area contributed by atoms with E-state index in [1.54, 1.807) is 13.8 Å². The minimum atomic E-state index is -0.373. The Kier molecular flexibility index (Phi) is 5.44. The Hall–Kier alpha value is -2.01. The lowest BCUT2D eigenvalue weighted by Gasteiger charge is -2.15. The van der Waals surface area contributed by atoms with Gasteiger partial charge in [-0.2, -0.15) is 0 Å². The predicted molar refractivity (Wildman–Crippen MR) is 91.1 cm³/mol. The van der Waals surface area contributed by atoms with E-state index in [4.69, 9.17) is 0 Å². The lowest BCUT2D eigenvalue weighted by Crippen LogP contribution is -2.27. The summed E-state index contributed by atoms with van der Waals surface area (Å²) in [5, 5.41) is 4.36. The largest absolute Gasteiger partial charge is 0.468 e. The fraction of sp³-hybridized carbons (Fsp3) is 0.294. The minimum Gasteiger partial charge on any atom is -0.468 e. The summed E-state index contributed by atoms with van der Waals surface area (Å²) in [5.41, 5.74) is 0.752. The number of carbonyl (C=O) groups is 2. The van der Waals surface area contributed by atoms with Gasteiger partial charge in [0.15, 0.2) is 0 Å². The maximum atomic E-state index is 12.2. The van der Waals surface area contributed by atoms with E-state index in [-0.39, 0.29) is 22.4 Å². The summed E-state index contributed by atoms with van der Waals surface area (Å²) in [6.45, 7) is 3.51. The summed E-state index contributed by atoms with van der Waals surface area (Å²) >= 11 is 1.28. The van der Waals surface area contributed by atoms with Crippen molar-refractivity contribution in [3.8, 4) is 0 Å². The molecule has 2 rings (SSSR count). The molecule has 0 aliphatic heterocycles. The van der Waals surface area contributed by atoms with Gasteiger partial charge in [0.2, 0.25) is 5.91 Å². The molecule has 1 N–H and O–H groups in total. The van der Waals surface area contributed by atoms with Crippen molar-refractivity contribution < 1.29 is 14.3 Å². The van der Waals surface area contributed by atoms with Crippen molar-refractivity contribution in [2.45, 2.75) is 24.3 Å². The third kappa shape index (κ3) is 4.01. The zero-order valence-corrected chi connectivity index (χ0v) is 13.6. The Morgan fingerprint density at radius 2 is 1.73 bits per heavy atom. The number of rotatable bonds is 5. The number of carbonyl (C=O) groups excluding carboxylic acids is 2. The molecule has 2 unspecified atom stereocenters. The molecule has 0 fully saturated rings. The van der Waals surface area contributed by atoms with E-state index in [1.165, 1.54) is 18.9 Å². The van der Waals surface area contributed by atoms with Crippen LogP contribution in [0.25, 0.3) is 10.8 Å². The van der Waals surface area contributed by atoms with Gasteiger partial charge in [-0.1, -0.05) is 30.3 Å². The van der Waals surface area contributed by atoms with Crippen LogP contribution in [0.3, 0.4) is 0 Å². The number of esters is 1. The van der Waals surface area contributed by atoms with Gasteiger partial charge in [0.25, 0.3) is 0 Å². The Balaban J connectivity index is 2.02. The monoisotopic (exact) mass is 317 g/mol. The number of anilines is 1. The average Bonchev–Trinajstić information content (AvgIpc) is 2.53. The van der Waals surface area contributed by atoms with Crippen LogP contribution in [0.15, 0.2) is 42.5 Å². The second kappa shape index (κ2) is 7.31. The predicted octanol–water partition coefficient (Wildman–Crippen LogP) is 3.46. The highest BCUT2D eigenvalue weighted by Gasteiger charge is 2.22. The number of thioether (sulfide) groups is 1. The molecular formula is C17H19NO3S. The molecule has 1 amide bonds. The van der Waals surface area contributed by atoms with Gasteiger partial charge in [0.05, 0.1) is 12.4 Å². The quantitative estimate of drug-likeness (QED) is 0.858. The second-order valence-electron chi connectivity index (χ2n) is 4.99. The summed E-state index contributed by atoms with van der Waals surface area (Å²) in [6, 6.07) is 13.8. The molecule has 0 aromatic heterocycles. The molecule has 0 aliphatic carbocycles. The summed E-state index contributed by atoms with van der Waals surface area (Å²) in [7, 11) is 1.35. The van der Waals surface area contributed by atoms with Gasteiger partial charge in [-0.3, -0.25) is 9.59 Å². The van der Waals surface area contributed by atoms with Crippen LogP contribution in [0.4, 0.5) is 5.69 Å². The Bertz CT molecular complexity index is 686. The van der Waals surface area contributed by atoms with E-state index in [1.807, 2.05) is 42.5 Å². The first-order valence-corrected chi connectivity index (χ1v) is 7.98. The Labute approximate surface area is 134 Å². The zero-order chi connectivity index (χ0) is 16.1. The lowest BCUT2D eigenvalue weighted by molar-refractivity contribution is -0.139. The van der Waals surface area contributed by atoms with Crippen LogP contribution >= 0.6 is 11.8 Å². The molecule has 0 aliphatic rings. The lowest BCUT2D eigenvalue weighted by atomic mass is 10.1. The van der Waals surface area contributed by atoms with Crippen LogP contribution in [-0.4, -0.2) is 29.5 Å². The van der Waals surface area contributed by atoms with Gasteiger partial charge < -0.3 is 10.1 Å². The molecule has 22 heavy (non-hydrogen) atoms. The van der Waals surface area contributed by atoms with Crippen LogP contribution in [0.1, 0.15) is 13.8 Å². The van der Waals surface area contributed by atoms with E-state index in [0.717, 1.165) is 16.5 Å². The molecule has 0 heterocycles. The molecular weight excluding hydrogens is 298 g/mol. The molecule has 2 aromatic rings. The topological polar surface area (TPSA) is 55.4 Å². The van der Waals surface area contributed by atoms with E-state index in [2.05, 4.69) is 10.1 Å². The summed E-state index contributed by atoms with van der Waals surface area (Å²) in [4.78, 5) is 23.6. The van der Waals surface area contributed by atoms with Crippen LogP contribution in [0.2, 0.25) is 0 Å². The molecule has 0 saturated carbocycles. The highest BCUT2D eigenvalue weighted by molar-refractivity contribution is 8.01. The standard InChI is InChI=1S/C17H19NO3S/c1-11(22-12(2)17(20)21-3)16(19)18-15-9-8-13-6-4-5-7-14(13)10-15/h4-12H,1-3H3,(H,18,19). The molecule has 5 heteroatoms. The normalized spacial score (nSPS) is 13.4. The fourth-order valence-electron chi connectivity index (χ4n) is 2.10. The minimum absolute atomic E-state index is 0.129. The van der Waals surface area contributed by atoms with Crippen molar-refractivity contribution in [2.75, 3.05) is 12.4 Å². The molecule has 4 nitrogen and oxygen atoms in total. The second-order valence-corrected chi connectivity index (χ2v) is 6.68. The van der Waals surface area contributed by atoms with Crippen LogP contribution in [-0.2, 0) is 14.3 Å². The first kappa shape index (κ1) is 16.4. The summed E-state index contributed by atoms with van der Waals surface area (Å²) in [6.07, 6.45) is 0. The van der Waals surface area contributed by atoms with Gasteiger partial charge in [-0.05, 0) is 36.8 Å². The Morgan fingerprint density at radius 1 is 1.05 bits per heavy atom. The maximum absolute atomic E-state index is 12.2. The number of benzene rings is 2. The number of fused-ring (bicyclic) bond motifs is 1. The maximum Gasteiger partial charge on any atom is 0.318 e. The first-order valence-electron chi connectivity index (χ1n) is 7.04. The number of nitrogens with one attached hydrogen (secondary N) is 1. The molecule has 0 radical (unpaired) electrons. The van der Waals surface area contributed by atoms with Crippen LogP contribution < -0.4 is 5.32 Å². The number of methoxy groups -OCH3 is 1. The molecule has 2 aromatic carbocycles. The van der Waals surface area contributed by atoms with Crippen molar-refractivity contribution in [2.24, 2.45) is 0 Å². The Morgan fingerprint density at radius 3 is 2.41 bits per heavy atom. The van der Waals surface area contributed by atoms with E-state index in [0.29, 0.717) is 0 Å². The van der Waals surface area contributed by atoms with Gasteiger partial charge >= 0.3 is 5.97 Å². The molecule has 0 saturated heterocycles. The molecule has 2 atom stereocenters. The molecule has 0 bridgehead atoms. The van der Waals surface area contributed by atoms with Crippen molar-refractivity contribution in [1.29, 1.82) is 0 Å². The van der Waals surface area contributed by atoms with E-state index >= 15 is 0 Å². The smallest absolute Gasteiger partial charge is 0.318 e. The number of amides is 1. The summed E-state index contributed by atoms with van der Waals surface area (Å²) in [5.74, 6) is -0.452. The van der Waals surface area contributed by atoms with Crippen LogP contribution in [0, 0.1) is 0 Å². The third-order valence-electron chi connectivity index (χ3n) is 3.33. The van der Waals surface area contributed by atoms with Gasteiger partial charge in [-0.15, -0.1) is 11.8 Å². The van der Waals surface area contributed by atoms with Crippen molar-refractivity contribution in [3.05, 3.63) is 42.5 Å². The van der Waals surface area contributed by atoms with Crippen molar-refractivity contribution >= 4 is 40.1 Å². The molecule has 116 valence electrons. The SMILES string of the molecule is COC(=O)C(C)SC(C)C(=O)Nc1ccc2ccccc2c1. The first-order chi connectivity index (χ1) is 10.5. The molecule has 0 spiro atoms. The van der Waals surface area contributed by atoms with E-state index in [9.17, 15) is 9.59 Å². The van der Waals surface area contributed by atoms with Gasteiger partial charge in [0.1, 0.15) is 5.25 Å². The fourth-order valence-corrected chi connectivity index (χ4v) is 3.10. The average molecular weight is 317 g/mol. The van der Waals surface area contributed by atoms with Gasteiger partial charge in [0, 0.05) is 5.69 Å². The van der Waals surface area contributed by atoms with E-state index < -0.39 is 0 Å². The van der Waals surface area contributed by atoms with Crippen LogP contribution in [0.5, 0.6) is 0 Å².